The Kier molecular flexibility index (Phi) is 8.85. The molecule has 0 saturated carbocycles. The number of anilines is 1. The molecule has 3 aromatic carbocycles. The lowest BCUT2D eigenvalue weighted by atomic mass is 10.1. The summed E-state index contributed by atoms with van der Waals surface area (Å²) in [4.78, 5) is 50.0. The summed E-state index contributed by atoms with van der Waals surface area (Å²) in [7, 11) is 0. The fourth-order valence-electron chi connectivity index (χ4n) is 4.04. The van der Waals surface area contributed by atoms with Gasteiger partial charge in [0.25, 0.3) is 16.8 Å². The predicted molar refractivity (Wildman–Crippen MR) is 152 cm³/mol. The standard InChI is InChI=1S/C29H27N3O7S/c1-4-38-25-14-20(10-12-24(25)39-17-21-7-5-6-8-23(21)32(36)37)15-26-28(34)31(29(35)40-26)16-27(33)30-22-11-9-18(2)13-19(22)3/h5-15H,4,16-17H2,1-3H3,(H,30,33)/b26-15+. The molecule has 3 aromatic rings. The van der Waals surface area contributed by atoms with Gasteiger partial charge in [-0.2, -0.15) is 0 Å². The molecule has 206 valence electrons. The Morgan fingerprint density at radius 1 is 1.05 bits per heavy atom. The molecule has 0 spiro atoms. The number of carbonyl (C=O) groups is 3. The highest BCUT2D eigenvalue weighted by Crippen LogP contribution is 2.35. The third-order valence-electron chi connectivity index (χ3n) is 5.97. The number of ether oxygens (including phenoxy) is 2. The molecule has 1 fully saturated rings. The van der Waals surface area contributed by atoms with E-state index in [0.29, 0.717) is 34.9 Å². The minimum atomic E-state index is -0.569. The summed E-state index contributed by atoms with van der Waals surface area (Å²) in [5.41, 5.74) is 3.49. The van der Waals surface area contributed by atoms with Crippen molar-refractivity contribution in [2.24, 2.45) is 0 Å². The number of para-hydroxylation sites is 1. The number of nitrogens with one attached hydrogen (secondary N) is 1. The molecule has 0 bridgehead atoms. The summed E-state index contributed by atoms with van der Waals surface area (Å²) in [6.07, 6.45) is 1.54. The maximum atomic E-state index is 13.0. The van der Waals surface area contributed by atoms with Crippen molar-refractivity contribution in [3.05, 3.63) is 97.9 Å². The third kappa shape index (κ3) is 6.67. The Labute approximate surface area is 235 Å². The van der Waals surface area contributed by atoms with Gasteiger partial charge in [0.15, 0.2) is 11.5 Å². The molecule has 0 aliphatic carbocycles. The van der Waals surface area contributed by atoms with E-state index in [0.717, 1.165) is 27.8 Å². The molecular weight excluding hydrogens is 534 g/mol. The number of aryl methyl sites for hydroxylation is 2. The van der Waals surface area contributed by atoms with Crippen LogP contribution in [-0.2, 0) is 16.2 Å². The molecule has 1 N–H and O–H groups in total. The fourth-order valence-corrected chi connectivity index (χ4v) is 4.88. The van der Waals surface area contributed by atoms with E-state index in [4.69, 9.17) is 9.47 Å². The SMILES string of the molecule is CCOc1cc(/C=C2/SC(=O)N(CC(=O)Nc3ccc(C)cc3C)C2=O)ccc1OCc1ccccc1[N+](=O)[O-]. The normalized spacial score (nSPS) is 14.0. The highest BCUT2D eigenvalue weighted by Gasteiger charge is 2.36. The Bertz CT molecular complexity index is 1520. The zero-order chi connectivity index (χ0) is 28.8. The van der Waals surface area contributed by atoms with Gasteiger partial charge in [0.2, 0.25) is 5.91 Å². The van der Waals surface area contributed by atoms with Crippen molar-refractivity contribution in [2.45, 2.75) is 27.4 Å². The second-order valence-corrected chi connectivity index (χ2v) is 9.94. The van der Waals surface area contributed by atoms with Gasteiger partial charge in [-0.3, -0.25) is 29.4 Å². The molecule has 0 aromatic heterocycles. The van der Waals surface area contributed by atoms with Crippen molar-refractivity contribution < 1.29 is 28.8 Å². The number of nitro benzene ring substituents is 1. The van der Waals surface area contributed by atoms with Gasteiger partial charge in [-0.05, 0) is 74.0 Å². The third-order valence-corrected chi connectivity index (χ3v) is 6.88. The molecule has 0 unspecified atom stereocenters. The topological polar surface area (TPSA) is 128 Å². The van der Waals surface area contributed by atoms with Crippen LogP contribution in [0.3, 0.4) is 0 Å². The first-order chi connectivity index (χ1) is 19.2. The molecule has 40 heavy (non-hydrogen) atoms. The molecular formula is C29H27N3O7S. The van der Waals surface area contributed by atoms with Crippen LogP contribution in [0.2, 0.25) is 0 Å². The maximum Gasteiger partial charge on any atom is 0.294 e. The van der Waals surface area contributed by atoms with Crippen molar-refractivity contribution in [1.82, 2.24) is 4.90 Å². The first-order valence-corrected chi connectivity index (χ1v) is 13.2. The number of amides is 3. The van der Waals surface area contributed by atoms with Crippen LogP contribution < -0.4 is 14.8 Å². The number of rotatable bonds is 10. The number of imide groups is 1. The monoisotopic (exact) mass is 561 g/mol. The molecule has 3 amide bonds. The summed E-state index contributed by atoms with van der Waals surface area (Å²) < 4.78 is 11.5. The number of nitrogens with zero attached hydrogens (tertiary/aromatic N) is 2. The molecule has 0 radical (unpaired) electrons. The van der Waals surface area contributed by atoms with Gasteiger partial charge in [0.05, 0.1) is 22.0 Å². The van der Waals surface area contributed by atoms with Gasteiger partial charge in [-0.1, -0.05) is 35.9 Å². The van der Waals surface area contributed by atoms with Gasteiger partial charge in [-0.15, -0.1) is 0 Å². The summed E-state index contributed by atoms with van der Waals surface area (Å²) in [5.74, 6) is -0.301. The Balaban J connectivity index is 1.46. The maximum absolute atomic E-state index is 13.0. The largest absolute Gasteiger partial charge is 0.490 e. The number of thioether (sulfide) groups is 1. The van der Waals surface area contributed by atoms with Crippen LogP contribution in [0.5, 0.6) is 11.5 Å². The van der Waals surface area contributed by atoms with Crippen molar-refractivity contribution in [1.29, 1.82) is 0 Å². The van der Waals surface area contributed by atoms with Gasteiger partial charge < -0.3 is 14.8 Å². The number of nitro groups is 1. The van der Waals surface area contributed by atoms with Crippen molar-refractivity contribution in [3.8, 4) is 11.5 Å². The van der Waals surface area contributed by atoms with Gasteiger partial charge in [0.1, 0.15) is 13.2 Å². The molecule has 1 aliphatic rings. The fraction of sp³-hybridized carbons (Fsp3) is 0.207. The molecule has 10 nitrogen and oxygen atoms in total. The number of benzene rings is 3. The minimum absolute atomic E-state index is 0.0420. The van der Waals surface area contributed by atoms with Crippen LogP contribution in [-0.4, -0.2) is 40.0 Å². The summed E-state index contributed by atoms with van der Waals surface area (Å²) in [6.45, 7) is 5.49. The Morgan fingerprint density at radius 3 is 2.55 bits per heavy atom. The van der Waals surface area contributed by atoms with E-state index in [9.17, 15) is 24.5 Å². The summed E-state index contributed by atoms with van der Waals surface area (Å²) in [5, 5.41) is 13.5. The smallest absolute Gasteiger partial charge is 0.294 e. The molecule has 4 rings (SSSR count). The average molecular weight is 562 g/mol. The van der Waals surface area contributed by atoms with Crippen LogP contribution in [0.15, 0.2) is 65.6 Å². The molecule has 11 heteroatoms. The Morgan fingerprint density at radius 2 is 1.82 bits per heavy atom. The van der Waals surface area contributed by atoms with Crippen LogP contribution in [0.25, 0.3) is 6.08 Å². The average Bonchev–Trinajstić information content (AvgIpc) is 3.17. The Hall–Kier alpha value is -4.64. The zero-order valence-electron chi connectivity index (χ0n) is 22.1. The number of carbonyl (C=O) groups excluding carboxylic acids is 3. The second kappa shape index (κ2) is 12.5. The molecule has 1 aliphatic heterocycles. The van der Waals surface area contributed by atoms with Crippen LogP contribution in [0, 0.1) is 24.0 Å². The van der Waals surface area contributed by atoms with E-state index >= 15 is 0 Å². The quantitative estimate of drug-likeness (QED) is 0.185. The second-order valence-electron chi connectivity index (χ2n) is 8.95. The minimum Gasteiger partial charge on any atom is -0.490 e. The zero-order valence-corrected chi connectivity index (χ0v) is 22.9. The lowest BCUT2D eigenvalue weighted by Gasteiger charge is -2.14. The number of hydrogen-bond donors (Lipinski definition) is 1. The van der Waals surface area contributed by atoms with Gasteiger partial charge in [-0.25, -0.2) is 0 Å². The molecule has 1 heterocycles. The van der Waals surface area contributed by atoms with Gasteiger partial charge in [0, 0.05) is 11.8 Å². The van der Waals surface area contributed by atoms with Crippen LogP contribution in [0.4, 0.5) is 16.2 Å². The van der Waals surface area contributed by atoms with Crippen molar-refractivity contribution in [2.75, 3.05) is 18.5 Å². The highest BCUT2D eigenvalue weighted by molar-refractivity contribution is 8.18. The van der Waals surface area contributed by atoms with Crippen LogP contribution in [0.1, 0.15) is 29.2 Å². The van der Waals surface area contributed by atoms with E-state index in [1.54, 1.807) is 55.5 Å². The van der Waals surface area contributed by atoms with E-state index in [1.807, 2.05) is 26.0 Å². The van der Waals surface area contributed by atoms with E-state index in [1.165, 1.54) is 6.07 Å². The highest BCUT2D eigenvalue weighted by atomic mass is 32.2. The lowest BCUT2D eigenvalue weighted by Crippen LogP contribution is -2.36. The first kappa shape index (κ1) is 28.4. The molecule has 1 saturated heterocycles. The number of hydrogen-bond acceptors (Lipinski definition) is 8. The van der Waals surface area contributed by atoms with Gasteiger partial charge >= 0.3 is 0 Å². The van der Waals surface area contributed by atoms with Crippen molar-refractivity contribution in [3.63, 3.8) is 0 Å². The summed E-state index contributed by atoms with van der Waals surface area (Å²) in [6, 6.07) is 16.8. The lowest BCUT2D eigenvalue weighted by molar-refractivity contribution is -0.385. The van der Waals surface area contributed by atoms with E-state index in [2.05, 4.69) is 5.32 Å². The predicted octanol–water partition coefficient (Wildman–Crippen LogP) is 5.86. The summed E-state index contributed by atoms with van der Waals surface area (Å²) >= 11 is 0.748. The van der Waals surface area contributed by atoms with E-state index < -0.39 is 28.5 Å². The molecule has 0 atom stereocenters. The van der Waals surface area contributed by atoms with Crippen molar-refractivity contribution >= 4 is 46.3 Å². The first-order valence-electron chi connectivity index (χ1n) is 12.4. The van der Waals surface area contributed by atoms with E-state index in [-0.39, 0.29) is 17.2 Å². The van der Waals surface area contributed by atoms with Crippen LogP contribution >= 0.6 is 11.8 Å².